The molecule has 1 saturated carbocycles. The minimum Gasteiger partial charge on any atom is -0.493 e. The zero-order chi connectivity index (χ0) is 19.4. The fourth-order valence-corrected chi connectivity index (χ4v) is 3.11. The van der Waals surface area contributed by atoms with Crippen LogP contribution in [0.15, 0.2) is 36.4 Å². The van der Waals surface area contributed by atoms with Gasteiger partial charge in [0.2, 0.25) is 5.75 Å². The minimum atomic E-state index is -0.131. The van der Waals surface area contributed by atoms with Gasteiger partial charge in [0.05, 0.1) is 27.0 Å². The molecule has 1 aliphatic carbocycles. The van der Waals surface area contributed by atoms with Gasteiger partial charge in [-0.15, -0.1) is 0 Å². The average Bonchev–Trinajstić information content (AvgIpc) is 3.50. The first kappa shape index (κ1) is 18.9. The smallest absolute Gasteiger partial charge is 0.322 e. The number of ether oxygens (including phenoxy) is 3. The summed E-state index contributed by atoms with van der Waals surface area (Å²) in [6.45, 7) is 2.64. The summed E-state index contributed by atoms with van der Waals surface area (Å²) in [5.74, 6) is 1.50. The van der Waals surface area contributed by atoms with Crippen LogP contribution in [0.3, 0.4) is 0 Å². The van der Waals surface area contributed by atoms with Crippen molar-refractivity contribution in [3.05, 3.63) is 47.5 Å². The van der Waals surface area contributed by atoms with Crippen molar-refractivity contribution < 1.29 is 19.0 Å². The van der Waals surface area contributed by atoms with E-state index in [1.807, 2.05) is 11.0 Å². The molecule has 0 atom stereocenters. The minimum absolute atomic E-state index is 0.131. The number of hydrogen-bond donors (Lipinski definition) is 1. The van der Waals surface area contributed by atoms with Crippen LogP contribution >= 0.6 is 0 Å². The number of carbonyl (C=O) groups is 1. The van der Waals surface area contributed by atoms with E-state index < -0.39 is 0 Å². The number of urea groups is 1. The number of methoxy groups -OCH3 is 3. The second-order valence-electron chi connectivity index (χ2n) is 6.69. The number of anilines is 1. The average molecular weight is 370 g/mol. The largest absolute Gasteiger partial charge is 0.493 e. The second kappa shape index (κ2) is 8.20. The molecule has 0 saturated heterocycles. The first-order chi connectivity index (χ1) is 13.0. The van der Waals surface area contributed by atoms with Crippen molar-refractivity contribution in [3.8, 4) is 17.2 Å². The van der Waals surface area contributed by atoms with E-state index in [4.69, 9.17) is 14.2 Å². The van der Waals surface area contributed by atoms with Crippen molar-refractivity contribution >= 4 is 11.7 Å². The molecule has 1 fully saturated rings. The summed E-state index contributed by atoms with van der Waals surface area (Å²) in [6.07, 6.45) is 2.07. The Morgan fingerprint density at radius 1 is 1.07 bits per heavy atom. The Kier molecular flexibility index (Phi) is 5.74. The highest BCUT2D eigenvalue weighted by molar-refractivity contribution is 5.90. The molecule has 6 heteroatoms. The third kappa shape index (κ3) is 4.45. The zero-order valence-electron chi connectivity index (χ0n) is 16.2. The van der Waals surface area contributed by atoms with E-state index in [2.05, 4.69) is 30.4 Å². The van der Waals surface area contributed by atoms with Gasteiger partial charge in [-0.2, -0.15) is 0 Å². The molecular formula is C21H26N2O4. The van der Waals surface area contributed by atoms with E-state index in [1.54, 1.807) is 33.5 Å². The summed E-state index contributed by atoms with van der Waals surface area (Å²) >= 11 is 0. The number of amides is 2. The van der Waals surface area contributed by atoms with E-state index in [0.717, 1.165) is 18.4 Å². The van der Waals surface area contributed by atoms with Gasteiger partial charge in [-0.3, -0.25) is 0 Å². The second-order valence-corrected chi connectivity index (χ2v) is 6.69. The van der Waals surface area contributed by atoms with Crippen LogP contribution in [-0.4, -0.2) is 38.3 Å². The van der Waals surface area contributed by atoms with Gasteiger partial charge >= 0.3 is 6.03 Å². The van der Waals surface area contributed by atoms with Crippen LogP contribution in [-0.2, 0) is 6.54 Å². The Hall–Kier alpha value is -2.89. The number of hydrogen-bond acceptors (Lipinski definition) is 4. The molecule has 2 aromatic rings. The van der Waals surface area contributed by atoms with Gasteiger partial charge in [0.15, 0.2) is 11.5 Å². The number of nitrogens with one attached hydrogen (secondary N) is 1. The highest BCUT2D eigenvalue weighted by Crippen LogP contribution is 2.40. The standard InChI is InChI=1S/C21H26N2O4/c1-14-6-5-7-15(10-14)13-23(17-8-9-17)21(24)22-16-11-18(25-2)20(27-4)19(12-16)26-3/h5-7,10-12,17H,8-9,13H2,1-4H3,(H,22,24). The molecule has 0 aromatic heterocycles. The summed E-state index contributed by atoms with van der Waals surface area (Å²) in [4.78, 5) is 14.8. The highest BCUT2D eigenvalue weighted by Gasteiger charge is 2.33. The van der Waals surface area contributed by atoms with Crippen molar-refractivity contribution in [2.75, 3.05) is 26.6 Å². The van der Waals surface area contributed by atoms with Crippen LogP contribution < -0.4 is 19.5 Å². The molecule has 0 radical (unpaired) electrons. The van der Waals surface area contributed by atoms with E-state index in [0.29, 0.717) is 29.5 Å². The Labute approximate surface area is 160 Å². The van der Waals surface area contributed by atoms with Crippen LogP contribution in [0.1, 0.15) is 24.0 Å². The quantitative estimate of drug-likeness (QED) is 0.793. The van der Waals surface area contributed by atoms with Crippen molar-refractivity contribution in [1.29, 1.82) is 0 Å². The molecule has 2 aromatic carbocycles. The third-order valence-electron chi connectivity index (χ3n) is 4.60. The van der Waals surface area contributed by atoms with E-state index in [-0.39, 0.29) is 12.1 Å². The fourth-order valence-electron chi connectivity index (χ4n) is 3.11. The maximum Gasteiger partial charge on any atom is 0.322 e. The first-order valence-corrected chi connectivity index (χ1v) is 8.99. The van der Waals surface area contributed by atoms with Crippen molar-refractivity contribution in [3.63, 3.8) is 0 Å². The van der Waals surface area contributed by atoms with Crippen LogP contribution in [0.25, 0.3) is 0 Å². The molecule has 27 heavy (non-hydrogen) atoms. The molecule has 0 unspecified atom stereocenters. The zero-order valence-corrected chi connectivity index (χ0v) is 16.2. The molecule has 2 amide bonds. The summed E-state index contributed by atoms with van der Waals surface area (Å²) < 4.78 is 16.1. The van der Waals surface area contributed by atoms with Gasteiger partial charge in [-0.1, -0.05) is 29.8 Å². The summed E-state index contributed by atoms with van der Waals surface area (Å²) in [7, 11) is 4.66. The number of benzene rings is 2. The number of rotatable bonds is 7. The normalized spacial score (nSPS) is 13.0. The molecule has 1 aliphatic rings. The van der Waals surface area contributed by atoms with Crippen LogP contribution in [0.5, 0.6) is 17.2 Å². The van der Waals surface area contributed by atoms with Crippen LogP contribution in [0.4, 0.5) is 10.5 Å². The lowest BCUT2D eigenvalue weighted by Crippen LogP contribution is -2.36. The van der Waals surface area contributed by atoms with Gasteiger partial charge in [0.1, 0.15) is 0 Å². The highest BCUT2D eigenvalue weighted by atomic mass is 16.5. The Morgan fingerprint density at radius 3 is 2.26 bits per heavy atom. The third-order valence-corrected chi connectivity index (χ3v) is 4.60. The lowest BCUT2D eigenvalue weighted by Gasteiger charge is -2.24. The lowest BCUT2D eigenvalue weighted by atomic mass is 10.1. The van der Waals surface area contributed by atoms with Crippen molar-refractivity contribution in [1.82, 2.24) is 4.90 Å². The molecule has 0 heterocycles. The van der Waals surface area contributed by atoms with Gasteiger partial charge in [-0.05, 0) is 25.3 Å². The van der Waals surface area contributed by atoms with E-state index >= 15 is 0 Å². The monoisotopic (exact) mass is 370 g/mol. The van der Waals surface area contributed by atoms with Crippen LogP contribution in [0.2, 0.25) is 0 Å². The molecule has 144 valence electrons. The van der Waals surface area contributed by atoms with Crippen molar-refractivity contribution in [2.24, 2.45) is 0 Å². The Balaban J connectivity index is 1.80. The van der Waals surface area contributed by atoms with E-state index in [9.17, 15) is 4.79 Å². The molecule has 6 nitrogen and oxygen atoms in total. The summed E-state index contributed by atoms with van der Waals surface area (Å²) in [6, 6.07) is 11.9. The molecule has 0 spiro atoms. The molecule has 0 bridgehead atoms. The molecule has 0 aliphatic heterocycles. The SMILES string of the molecule is COc1cc(NC(=O)N(Cc2cccc(C)c2)C2CC2)cc(OC)c1OC. The van der Waals surface area contributed by atoms with Gasteiger partial charge in [0.25, 0.3) is 0 Å². The topological polar surface area (TPSA) is 60.0 Å². The van der Waals surface area contributed by atoms with Crippen LogP contribution in [0, 0.1) is 6.92 Å². The van der Waals surface area contributed by atoms with Gasteiger partial charge in [0, 0.05) is 24.7 Å². The number of carbonyl (C=O) groups excluding carboxylic acids is 1. The molecule has 1 N–H and O–H groups in total. The maximum absolute atomic E-state index is 12.9. The predicted octanol–water partition coefficient (Wildman–Crippen LogP) is 4.22. The Bertz CT molecular complexity index is 793. The van der Waals surface area contributed by atoms with Crippen molar-refractivity contribution in [2.45, 2.75) is 32.4 Å². The molecular weight excluding hydrogens is 344 g/mol. The molecule has 3 rings (SSSR count). The number of aryl methyl sites for hydroxylation is 1. The maximum atomic E-state index is 12.9. The van der Waals surface area contributed by atoms with Gasteiger partial charge in [-0.25, -0.2) is 4.79 Å². The lowest BCUT2D eigenvalue weighted by molar-refractivity contribution is 0.206. The fraction of sp³-hybridized carbons (Fsp3) is 0.381. The number of nitrogens with zero attached hydrogens (tertiary/aromatic N) is 1. The van der Waals surface area contributed by atoms with Gasteiger partial charge < -0.3 is 24.4 Å². The first-order valence-electron chi connectivity index (χ1n) is 8.99. The Morgan fingerprint density at radius 2 is 1.74 bits per heavy atom. The van der Waals surface area contributed by atoms with E-state index in [1.165, 1.54) is 5.56 Å². The summed E-state index contributed by atoms with van der Waals surface area (Å²) in [5, 5.41) is 2.97. The predicted molar refractivity (Wildman–Crippen MR) is 105 cm³/mol. The summed E-state index contributed by atoms with van der Waals surface area (Å²) in [5.41, 5.74) is 2.92.